The lowest BCUT2D eigenvalue weighted by Gasteiger charge is -2.21. The molecule has 166 valence electrons. The number of nitrogens with zero attached hydrogens (tertiary/aromatic N) is 2. The standard InChI is InChI=1S/C22H21BCl2N2O5/c1-31-15-8-6-13(7-9-15)12-27-22(28)17-5-3-2-4-16(17)21(26-27)32-20-18(24)10-14(23(29)30)11-19(20)25/h6-11,29-30H,2-5,12H2,1H3. The minimum absolute atomic E-state index is 0.111. The van der Waals surface area contributed by atoms with E-state index in [2.05, 4.69) is 5.10 Å². The molecule has 0 saturated carbocycles. The molecule has 0 amide bonds. The van der Waals surface area contributed by atoms with Crippen molar-refractivity contribution in [2.45, 2.75) is 32.2 Å². The highest BCUT2D eigenvalue weighted by Crippen LogP contribution is 2.37. The van der Waals surface area contributed by atoms with E-state index in [-0.39, 0.29) is 39.2 Å². The molecule has 0 unspecified atom stereocenters. The van der Waals surface area contributed by atoms with Crippen molar-refractivity contribution >= 4 is 35.8 Å². The zero-order valence-corrected chi connectivity index (χ0v) is 18.9. The summed E-state index contributed by atoms with van der Waals surface area (Å²) in [6.07, 6.45) is 3.15. The van der Waals surface area contributed by atoms with Gasteiger partial charge in [-0.3, -0.25) is 4.79 Å². The summed E-state index contributed by atoms with van der Waals surface area (Å²) in [5, 5.41) is 23.5. The van der Waals surface area contributed by atoms with E-state index in [1.54, 1.807) is 7.11 Å². The molecule has 0 spiro atoms. The van der Waals surface area contributed by atoms with Crippen LogP contribution in [0.25, 0.3) is 0 Å². The number of aromatic nitrogens is 2. The van der Waals surface area contributed by atoms with E-state index in [4.69, 9.17) is 32.7 Å². The Morgan fingerprint density at radius 2 is 1.69 bits per heavy atom. The van der Waals surface area contributed by atoms with Gasteiger partial charge in [0.15, 0.2) is 5.75 Å². The topological polar surface area (TPSA) is 93.8 Å². The van der Waals surface area contributed by atoms with E-state index in [1.165, 1.54) is 16.8 Å². The normalized spacial score (nSPS) is 12.9. The summed E-state index contributed by atoms with van der Waals surface area (Å²) in [6, 6.07) is 10.1. The molecule has 0 saturated heterocycles. The average molecular weight is 475 g/mol. The van der Waals surface area contributed by atoms with E-state index in [9.17, 15) is 14.8 Å². The summed E-state index contributed by atoms with van der Waals surface area (Å²) in [4.78, 5) is 13.1. The van der Waals surface area contributed by atoms with Crippen LogP contribution in [0.1, 0.15) is 29.5 Å². The highest BCUT2D eigenvalue weighted by molar-refractivity contribution is 6.59. The third-order valence-electron chi connectivity index (χ3n) is 5.44. The van der Waals surface area contributed by atoms with Crippen LogP contribution < -0.4 is 20.5 Å². The number of benzene rings is 2. The van der Waals surface area contributed by atoms with E-state index in [0.717, 1.165) is 29.7 Å². The van der Waals surface area contributed by atoms with Crippen LogP contribution in [0.5, 0.6) is 17.4 Å². The molecule has 3 aromatic rings. The molecule has 0 aliphatic heterocycles. The van der Waals surface area contributed by atoms with E-state index in [0.29, 0.717) is 18.4 Å². The van der Waals surface area contributed by atoms with Gasteiger partial charge >= 0.3 is 7.12 Å². The molecule has 4 rings (SSSR count). The maximum Gasteiger partial charge on any atom is 0.488 e. The number of ether oxygens (including phenoxy) is 2. The fourth-order valence-electron chi connectivity index (χ4n) is 3.76. The fourth-order valence-corrected chi connectivity index (χ4v) is 4.35. The van der Waals surface area contributed by atoms with Crippen molar-refractivity contribution < 1.29 is 19.5 Å². The van der Waals surface area contributed by atoms with Crippen LogP contribution in [0.15, 0.2) is 41.2 Å². The quantitative estimate of drug-likeness (QED) is 0.533. The third-order valence-corrected chi connectivity index (χ3v) is 6.00. The highest BCUT2D eigenvalue weighted by Gasteiger charge is 2.24. The maximum absolute atomic E-state index is 13.1. The molecule has 32 heavy (non-hydrogen) atoms. The molecular weight excluding hydrogens is 454 g/mol. The first kappa shape index (κ1) is 22.7. The van der Waals surface area contributed by atoms with Crippen molar-refractivity contribution in [2.75, 3.05) is 7.11 Å². The van der Waals surface area contributed by atoms with Crippen molar-refractivity contribution in [3.05, 3.63) is 73.5 Å². The van der Waals surface area contributed by atoms with Gasteiger partial charge in [-0.25, -0.2) is 4.68 Å². The summed E-state index contributed by atoms with van der Waals surface area (Å²) in [7, 11) is -0.116. The van der Waals surface area contributed by atoms with Crippen molar-refractivity contribution in [2.24, 2.45) is 0 Å². The molecule has 0 bridgehead atoms. The monoisotopic (exact) mass is 474 g/mol. The molecule has 2 N–H and O–H groups in total. The molecule has 7 nitrogen and oxygen atoms in total. The number of halogens is 2. The van der Waals surface area contributed by atoms with Gasteiger partial charge in [-0.1, -0.05) is 35.3 Å². The second-order valence-electron chi connectivity index (χ2n) is 7.57. The number of hydrogen-bond acceptors (Lipinski definition) is 6. The summed E-state index contributed by atoms with van der Waals surface area (Å²) < 4.78 is 12.6. The van der Waals surface area contributed by atoms with Crippen LogP contribution in [-0.4, -0.2) is 34.1 Å². The second-order valence-corrected chi connectivity index (χ2v) is 8.38. The minimum Gasteiger partial charge on any atom is -0.497 e. The van der Waals surface area contributed by atoms with Crippen LogP contribution in [-0.2, 0) is 19.4 Å². The zero-order valence-electron chi connectivity index (χ0n) is 17.3. The molecule has 0 atom stereocenters. The molecular formula is C22H21BCl2N2O5. The van der Waals surface area contributed by atoms with Gasteiger partial charge in [0.05, 0.1) is 23.7 Å². The summed E-state index contributed by atoms with van der Waals surface area (Å²) in [5.74, 6) is 1.14. The predicted molar refractivity (Wildman–Crippen MR) is 124 cm³/mol. The van der Waals surface area contributed by atoms with Crippen molar-refractivity contribution in [3.63, 3.8) is 0 Å². The van der Waals surface area contributed by atoms with Crippen LogP contribution >= 0.6 is 23.2 Å². The van der Waals surface area contributed by atoms with E-state index >= 15 is 0 Å². The Bertz CT molecular complexity index is 1180. The summed E-state index contributed by atoms with van der Waals surface area (Å²) in [6.45, 7) is 0.267. The molecule has 2 aromatic carbocycles. The van der Waals surface area contributed by atoms with E-state index in [1.807, 2.05) is 24.3 Å². The average Bonchev–Trinajstić information content (AvgIpc) is 2.79. The molecule has 0 radical (unpaired) electrons. The number of fused-ring (bicyclic) bond motifs is 1. The predicted octanol–water partition coefficient (Wildman–Crippen LogP) is 2.96. The SMILES string of the molecule is COc1ccc(Cn2nc(Oc3c(Cl)cc(B(O)O)cc3Cl)c3c(c2=O)CCCC3)cc1. The summed E-state index contributed by atoms with van der Waals surface area (Å²) >= 11 is 12.6. The lowest BCUT2D eigenvalue weighted by Crippen LogP contribution is -2.31. The Labute approximate surface area is 195 Å². The Kier molecular flexibility index (Phi) is 6.76. The second kappa shape index (κ2) is 9.54. The van der Waals surface area contributed by atoms with E-state index < -0.39 is 7.12 Å². The lowest BCUT2D eigenvalue weighted by molar-refractivity contribution is 0.413. The first-order valence-corrected chi connectivity index (χ1v) is 10.9. The van der Waals surface area contributed by atoms with Crippen molar-refractivity contribution in [1.82, 2.24) is 9.78 Å². The van der Waals surface area contributed by atoms with Crippen LogP contribution in [0, 0.1) is 0 Å². The number of hydrogen-bond donors (Lipinski definition) is 2. The molecule has 0 fully saturated rings. The Morgan fingerprint density at radius 3 is 2.28 bits per heavy atom. The van der Waals surface area contributed by atoms with Gasteiger partial charge in [-0.05, 0) is 61.0 Å². The molecule has 1 aliphatic carbocycles. The van der Waals surface area contributed by atoms with Gasteiger partial charge < -0.3 is 19.5 Å². The van der Waals surface area contributed by atoms with Crippen LogP contribution in [0.2, 0.25) is 10.0 Å². The summed E-state index contributed by atoms with van der Waals surface area (Å²) in [5.41, 5.74) is 2.33. The third kappa shape index (κ3) is 4.64. The minimum atomic E-state index is -1.71. The first-order valence-electron chi connectivity index (χ1n) is 10.2. The van der Waals surface area contributed by atoms with Gasteiger partial charge in [0, 0.05) is 11.1 Å². The van der Waals surface area contributed by atoms with Gasteiger partial charge in [0.2, 0.25) is 5.88 Å². The van der Waals surface area contributed by atoms with Crippen molar-refractivity contribution in [3.8, 4) is 17.4 Å². The first-order chi connectivity index (χ1) is 15.4. The highest BCUT2D eigenvalue weighted by atomic mass is 35.5. The molecule has 1 aromatic heterocycles. The lowest BCUT2D eigenvalue weighted by atomic mass is 9.80. The maximum atomic E-state index is 13.1. The van der Waals surface area contributed by atoms with Gasteiger partial charge in [-0.2, -0.15) is 0 Å². The Morgan fingerprint density at radius 1 is 1.06 bits per heavy atom. The smallest absolute Gasteiger partial charge is 0.488 e. The van der Waals surface area contributed by atoms with Gasteiger partial charge in [0.1, 0.15) is 5.75 Å². The number of rotatable bonds is 6. The zero-order chi connectivity index (χ0) is 22.8. The van der Waals surface area contributed by atoms with Crippen LogP contribution in [0.4, 0.5) is 0 Å². The largest absolute Gasteiger partial charge is 0.497 e. The van der Waals surface area contributed by atoms with Crippen molar-refractivity contribution in [1.29, 1.82) is 0 Å². The van der Waals surface area contributed by atoms with Gasteiger partial charge in [0.25, 0.3) is 5.56 Å². The molecule has 1 heterocycles. The van der Waals surface area contributed by atoms with Crippen LogP contribution in [0.3, 0.4) is 0 Å². The Hall–Kier alpha value is -2.52. The fraction of sp³-hybridized carbons (Fsp3) is 0.273. The Balaban J connectivity index is 1.75. The molecule has 10 heteroatoms. The number of methoxy groups -OCH3 is 1. The molecule has 1 aliphatic rings. The van der Waals surface area contributed by atoms with Gasteiger partial charge in [-0.15, -0.1) is 5.10 Å².